The molecule has 0 aliphatic heterocycles. The average molecular weight is 410 g/mol. The van der Waals surface area contributed by atoms with Crippen molar-refractivity contribution in [1.29, 1.82) is 0 Å². The molecule has 7 heteroatoms. The molecule has 0 saturated carbocycles. The van der Waals surface area contributed by atoms with Crippen molar-refractivity contribution >= 4 is 5.91 Å². The monoisotopic (exact) mass is 410 g/mol. The van der Waals surface area contributed by atoms with Crippen LogP contribution in [0.1, 0.15) is 34.1 Å². The van der Waals surface area contributed by atoms with E-state index in [-0.39, 0.29) is 24.5 Å². The van der Waals surface area contributed by atoms with E-state index in [1.807, 2.05) is 50.2 Å². The summed E-state index contributed by atoms with van der Waals surface area (Å²) in [7, 11) is 3.94. The Balaban J connectivity index is 1.65. The lowest BCUT2D eigenvalue weighted by atomic mass is 10.0. The van der Waals surface area contributed by atoms with E-state index in [4.69, 9.17) is 4.74 Å². The lowest BCUT2D eigenvalue weighted by Crippen LogP contribution is -2.31. The molecular formula is C23H27FN4O2. The first-order chi connectivity index (χ1) is 14.4. The zero-order chi connectivity index (χ0) is 21.5. The summed E-state index contributed by atoms with van der Waals surface area (Å²) < 4.78 is 20.6. The number of aromatic nitrogens is 2. The molecule has 0 bridgehead atoms. The molecular weight excluding hydrogens is 383 g/mol. The van der Waals surface area contributed by atoms with Crippen molar-refractivity contribution in [2.45, 2.75) is 26.1 Å². The molecule has 6 nitrogen and oxygen atoms in total. The van der Waals surface area contributed by atoms with Crippen LogP contribution >= 0.6 is 0 Å². The summed E-state index contributed by atoms with van der Waals surface area (Å²) in [6.07, 6.45) is 2.40. The first kappa shape index (κ1) is 21.5. The Morgan fingerprint density at radius 1 is 1.17 bits per heavy atom. The molecule has 0 radical (unpaired) electrons. The molecule has 1 N–H and O–H groups in total. The van der Waals surface area contributed by atoms with Crippen LogP contribution in [0.15, 0.2) is 60.8 Å². The summed E-state index contributed by atoms with van der Waals surface area (Å²) in [6.45, 7) is 2.96. The van der Waals surface area contributed by atoms with E-state index in [9.17, 15) is 9.18 Å². The average Bonchev–Trinajstić information content (AvgIpc) is 3.20. The predicted molar refractivity (Wildman–Crippen MR) is 114 cm³/mol. The maximum atomic E-state index is 13.3. The second-order valence-electron chi connectivity index (χ2n) is 7.45. The van der Waals surface area contributed by atoms with Crippen molar-refractivity contribution in [3.63, 3.8) is 0 Å². The Labute approximate surface area is 176 Å². The summed E-state index contributed by atoms with van der Waals surface area (Å²) >= 11 is 0. The summed E-state index contributed by atoms with van der Waals surface area (Å²) in [5.74, 6) is 0.195. The third-order valence-electron chi connectivity index (χ3n) is 4.76. The topological polar surface area (TPSA) is 59.4 Å². The Kier molecular flexibility index (Phi) is 7.19. The van der Waals surface area contributed by atoms with Crippen LogP contribution in [-0.2, 0) is 6.73 Å². The smallest absolute Gasteiger partial charge is 0.272 e. The molecule has 0 fully saturated rings. The van der Waals surface area contributed by atoms with Gasteiger partial charge in [-0.1, -0.05) is 30.3 Å². The maximum Gasteiger partial charge on any atom is 0.272 e. The molecule has 0 spiro atoms. The third-order valence-corrected chi connectivity index (χ3v) is 4.76. The van der Waals surface area contributed by atoms with E-state index in [1.165, 1.54) is 12.1 Å². The highest BCUT2D eigenvalue weighted by Gasteiger charge is 2.18. The van der Waals surface area contributed by atoms with Gasteiger partial charge in [0.1, 0.15) is 17.3 Å². The van der Waals surface area contributed by atoms with Crippen LogP contribution < -0.4 is 10.1 Å². The highest BCUT2D eigenvalue weighted by molar-refractivity contribution is 5.92. The molecule has 1 heterocycles. The lowest BCUT2D eigenvalue weighted by Gasteiger charge is -2.21. The zero-order valence-corrected chi connectivity index (χ0v) is 17.5. The second-order valence-corrected chi connectivity index (χ2v) is 7.45. The Morgan fingerprint density at radius 3 is 2.60 bits per heavy atom. The van der Waals surface area contributed by atoms with Crippen LogP contribution in [0.5, 0.6) is 5.75 Å². The molecule has 0 aliphatic rings. The third kappa shape index (κ3) is 5.90. The number of aryl methyl sites for hydroxylation is 1. The minimum atomic E-state index is -0.302. The number of carbonyl (C=O) groups excluding carboxylic acids is 1. The Hall–Kier alpha value is -3.19. The van der Waals surface area contributed by atoms with Gasteiger partial charge < -0.3 is 15.0 Å². The number of para-hydroxylation sites is 1. The highest BCUT2D eigenvalue weighted by Crippen LogP contribution is 2.19. The van der Waals surface area contributed by atoms with Gasteiger partial charge in [0.2, 0.25) is 0 Å². The van der Waals surface area contributed by atoms with E-state index in [0.29, 0.717) is 12.1 Å². The van der Waals surface area contributed by atoms with E-state index in [2.05, 4.69) is 10.4 Å². The fraction of sp³-hybridized carbons (Fsp3) is 0.304. The molecule has 1 atom stereocenters. The van der Waals surface area contributed by atoms with E-state index < -0.39 is 0 Å². The van der Waals surface area contributed by atoms with Crippen molar-refractivity contribution in [3.8, 4) is 5.75 Å². The molecule has 2 aromatic carbocycles. The molecule has 3 aromatic rings. The van der Waals surface area contributed by atoms with Gasteiger partial charge in [0, 0.05) is 6.20 Å². The lowest BCUT2D eigenvalue weighted by molar-refractivity contribution is 0.0925. The number of hydrogen-bond donors (Lipinski definition) is 1. The Morgan fingerprint density at radius 2 is 1.90 bits per heavy atom. The molecule has 0 aliphatic carbocycles. The molecule has 1 amide bonds. The van der Waals surface area contributed by atoms with E-state index in [0.717, 1.165) is 23.4 Å². The van der Waals surface area contributed by atoms with Crippen molar-refractivity contribution in [2.75, 3.05) is 20.6 Å². The standard InChI is InChI=1S/C23H27FN4O2/c1-17-6-4-5-7-22(17)30-16-28-15-13-21(26-28)23(29)25-20(12-14-27(2)3)18-8-10-19(24)11-9-18/h4-11,13,15,20H,12,14,16H2,1-3H3,(H,25,29)/t20-/m1/s1. The van der Waals surface area contributed by atoms with Gasteiger partial charge in [0.25, 0.3) is 5.91 Å². The first-order valence-corrected chi connectivity index (χ1v) is 9.85. The van der Waals surface area contributed by atoms with Gasteiger partial charge in [-0.2, -0.15) is 5.10 Å². The molecule has 0 unspecified atom stereocenters. The molecule has 1 aromatic heterocycles. The van der Waals surface area contributed by atoms with Gasteiger partial charge in [0.15, 0.2) is 6.73 Å². The quantitative estimate of drug-likeness (QED) is 0.583. The fourth-order valence-electron chi connectivity index (χ4n) is 3.05. The number of rotatable bonds is 9. The summed E-state index contributed by atoms with van der Waals surface area (Å²) in [4.78, 5) is 14.8. The largest absolute Gasteiger partial charge is 0.471 e. The van der Waals surface area contributed by atoms with Crippen molar-refractivity contribution < 1.29 is 13.9 Å². The minimum absolute atomic E-state index is 0.208. The van der Waals surface area contributed by atoms with Gasteiger partial charge in [0.05, 0.1) is 6.04 Å². The van der Waals surface area contributed by atoms with Crippen LogP contribution in [-0.4, -0.2) is 41.2 Å². The van der Waals surface area contributed by atoms with Crippen molar-refractivity contribution in [2.24, 2.45) is 0 Å². The summed E-state index contributed by atoms with van der Waals surface area (Å²) in [6, 6.07) is 15.3. The van der Waals surface area contributed by atoms with Gasteiger partial charge >= 0.3 is 0 Å². The summed E-state index contributed by atoms with van der Waals surface area (Å²) in [5.41, 5.74) is 2.19. The van der Waals surface area contributed by atoms with Gasteiger partial charge in [-0.3, -0.25) is 4.79 Å². The van der Waals surface area contributed by atoms with Crippen molar-refractivity contribution in [3.05, 3.63) is 83.4 Å². The van der Waals surface area contributed by atoms with Crippen LogP contribution in [0.2, 0.25) is 0 Å². The van der Waals surface area contributed by atoms with Crippen LogP contribution in [0.4, 0.5) is 4.39 Å². The maximum absolute atomic E-state index is 13.3. The number of carbonyl (C=O) groups is 1. The molecule has 158 valence electrons. The molecule has 0 saturated heterocycles. The van der Waals surface area contributed by atoms with Gasteiger partial charge in [-0.05, 0) is 69.4 Å². The number of amides is 1. The Bertz CT molecular complexity index is 969. The number of nitrogens with one attached hydrogen (secondary N) is 1. The molecule has 30 heavy (non-hydrogen) atoms. The van der Waals surface area contributed by atoms with Crippen LogP contribution in [0, 0.1) is 12.7 Å². The number of nitrogens with zero attached hydrogens (tertiary/aromatic N) is 3. The first-order valence-electron chi connectivity index (χ1n) is 9.85. The normalized spacial score (nSPS) is 12.0. The zero-order valence-electron chi connectivity index (χ0n) is 17.5. The predicted octanol–water partition coefficient (Wildman–Crippen LogP) is 3.79. The van der Waals surface area contributed by atoms with Crippen LogP contribution in [0.3, 0.4) is 0 Å². The number of halogens is 1. The van der Waals surface area contributed by atoms with E-state index >= 15 is 0 Å². The number of hydrogen-bond acceptors (Lipinski definition) is 4. The van der Waals surface area contributed by atoms with Gasteiger partial charge in [-0.25, -0.2) is 9.07 Å². The number of ether oxygens (including phenoxy) is 1. The highest BCUT2D eigenvalue weighted by atomic mass is 19.1. The van der Waals surface area contributed by atoms with Crippen LogP contribution in [0.25, 0.3) is 0 Å². The minimum Gasteiger partial charge on any atom is -0.471 e. The SMILES string of the molecule is Cc1ccccc1OCn1ccc(C(=O)N[C@H](CCN(C)C)c2ccc(F)cc2)n1. The number of benzene rings is 2. The fourth-order valence-corrected chi connectivity index (χ4v) is 3.05. The van der Waals surface area contributed by atoms with Gasteiger partial charge in [-0.15, -0.1) is 0 Å². The van der Waals surface area contributed by atoms with Crippen molar-refractivity contribution in [1.82, 2.24) is 20.0 Å². The second kappa shape index (κ2) is 10.0. The van der Waals surface area contributed by atoms with E-state index in [1.54, 1.807) is 29.1 Å². The molecule has 3 rings (SSSR count). The summed E-state index contributed by atoms with van der Waals surface area (Å²) in [5, 5.41) is 7.34.